The summed E-state index contributed by atoms with van der Waals surface area (Å²) in [5.74, 6) is -1.01. The van der Waals surface area contributed by atoms with Crippen molar-refractivity contribution in [3.63, 3.8) is 0 Å². The second-order valence-corrected chi connectivity index (χ2v) is 13.4. The van der Waals surface area contributed by atoms with Gasteiger partial charge in [-0.2, -0.15) is 0 Å². The maximum absolute atomic E-state index is 13.8. The van der Waals surface area contributed by atoms with Crippen molar-refractivity contribution >= 4 is 78.0 Å². The highest BCUT2D eigenvalue weighted by Crippen LogP contribution is 2.45. The van der Waals surface area contributed by atoms with E-state index < -0.39 is 23.5 Å². The Morgan fingerprint density at radius 2 is 1.82 bits per heavy atom. The van der Waals surface area contributed by atoms with Gasteiger partial charge in [-0.25, -0.2) is 4.98 Å². The number of carbonyl (C=O) groups is 2. The fraction of sp³-hybridized carbons (Fsp3) is 0.138. The van der Waals surface area contributed by atoms with Crippen molar-refractivity contribution in [2.45, 2.75) is 30.0 Å². The van der Waals surface area contributed by atoms with Crippen molar-refractivity contribution < 1.29 is 14.7 Å². The number of aliphatic hydroxyl groups excluding tert-OH is 1. The fourth-order valence-corrected chi connectivity index (χ4v) is 7.97. The number of thiazole rings is 1. The lowest BCUT2D eigenvalue weighted by atomic mass is 9.95. The van der Waals surface area contributed by atoms with E-state index in [1.165, 1.54) is 55.7 Å². The molecule has 1 atom stereocenters. The maximum Gasteiger partial charge on any atom is 0.296 e. The van der Waals surface area contributed by atoms with E-state index in [0.717, 1.165) is 9.48 Å². The molecule has 1 amide bonds. The lowest BCUT2D eigenvalue weighted by Gasteiger charge is -2.24. The molecule has 40 heavy (non-hydrogen) atoms. The van der Waals surface area contributed by atoms with Gasteiger partial charge in [0, 0.05) is 10.2 Å². The van der Waals surface area contributed by atoms with Gasteiger partial charge < -0.3 is 5.11 Å². The van der Waals surface area contributed by atoms with Crippen LogP contribution >= 0.6 is 50.4 Å². The number of ketones is 1. The second-order valence-electron chi connectivity index (χ2n) is 9.15. The number of nitrogens with zero attached hydrogens (tertiary/aromatic N) is 4. The number of aromatic nitrogens is 3. The third kappa shape index (κ3) is 4.87. The van der Waals surface area contributed by atoms with Crippen molar-refractivity contribution in [2.75, 3.05) is 4.90 Å². The van der Waals surface area contributed by atoms with Crippen LogP contribution in [0.4, 0.5) is 5.13 Å². The zero-order valence-corrected chi connectivity index (χ0v) is 25.3. The Labute approximate surface area is 250 Å². The average molecular weight is 650 g/mol. The third-order valence-corrected chi connectivity index (χ3v) is 10.2. The Morgan fingerprint density at radius 1 is 1.05 bits per heavy atom. The topological polar surface area (TPSA) is 96.3 Å². The van der Waals surface area contributed by atoms with Crippen LogP contribution in [-0.4, -0.2) is 32.0 Å². The van der Waals surface area contributed by atoms with Crippen molar-refractivity contribution in [1.29, 1.82) is 0 Å². The summed E-state index contributed by atoms with van der Waals surface area (Å²) in [5, 5.41) is 23.1. The number of amides is 1. The van der Waals surface area contributed by atoms with Gasteiger partial charge in [-0.1, -0.05) is 93.6 Å². The first-order chi connectivity index (χ1) is 19.3. The summed E-state index contributed by atoms with van der Waals surface area (Å²) in [6.07, 6.45) is 0. The van der Waals surface area contributed by atoms with Crippen LogP contribution in [0.15, 0.2) is 86.9 Å². The Morgan fingerprint density at radius 3 is 2.60 bits per heavy atom. The summed E-state index contributed by atoms with van der Waals surface area (Å²) in [7, 11) is 0. The number of thioether (sulfide) groups is 1. The maximum atomic E-state index is 13.8. The van der Waals surface area contributed by atoms with Crippen LogP contribution in [0.25, 0.3) is 10.8 Å². The van der Waals surface area contributed by atoms with E-state index in [2.05, 4.69) is 55.4 Å². The summed E-state index contributed by atoms with van der Waals surface area (Å²) < 4.78 is 1.46. The van der Waals surface area contributed by atoms with Gasteiger partial charge in [-0.3, -0.25) is 14.5 Å². The number of aryl methyl sites for hydroxylation is 2. The minimum absolute atomic E-state index is 0.00927. The summed E-state index contributed by atoms with van der Waals surface area (Å²) in [6.45, 7) is 3.57. The third-order valence-electron chi connectivity index (χ3n) is 6.56. The minimum Gasteiger partial charge on any atom is -0.503 e. The van der Waals surface area contributed by atoms with Crippen LogP contribution in [0.2, 0.25) is 0 Å². The van der Waals surface area contributed by atoms with Crippen LogP contribution < -0.4 is 4.90 Å². The van der Waals surface area contributed by atoms with Crippen LogP contribution in [0.3, 0.4) is 0 Å². The number of benzene rings is 3. The molecule has 200 valence electrons. The van der Waals surface area contributed by atoms with Gasteiger partial charge in [0.2, 0.25) is 10.9 Å². The lowest BCUT2D eigenvalue weighted by molar-refractivity contribution is -0.117. The van der Waals surface area contributed by atoms with Crippen LogP contribution in [0.5, 0.6) is 0 Å². The molecule has 0 spiro atoms. The summed E-state index contributed by atoms with van der Waals surface area (Å²) >= 11 is 7.52. The van der Waals surface area contributed by atoms with Crippen LogP contribution in [-0.2, 0) is 10.5 Å². The number of rotatable bonds is 7. The molecule has 11 heteroatoms. The number of hydrogen-bond acceptors (Lipinski definition) is 9. The summed E-state index contributed by atoms with van der Waals surface area (Å²) in [6, 6.07) is 20.9. The lowest BCUT2D eigenvalue weighted by Crippen LogP contribution is -2.31. The van der Waals surface area contributed by atoms with Gasteiger partial charge in [0.05, 0.1) is 27.2 Å². The molecule has 7 nitrogen and oxygen atoms in total. The first-order valence-electron chi connectivity index (χ1n) is 12.3. The number of carbonyl (C=O) groups excluding carboxylic acids is 2. The number of hydrogen-bond donors (Lipinski definition) is 1. The molecule has 0 aliphatic carbocycles. The van der Waals surface area contributed by atoms with Crippen LogP contribution in [0, 0.1) is 13.8 Å². The van der Waals surface area contributed by atoms with Crippen molar-refractivity contribution in [2.24, 2.45) is 0 Å². The fourth-order valence-electron chi connectivity index (χ4n) is 4.81. The molecule has 1 aliphatic rings. The highest BCUT2D eigenvalue weighted by atomic mass is 79.9. The van der Waals surface area contributed by atoms with E-state index in [9.17, 15) is 14.7 Å². The molecule has 0 saturated heterocycles. The van der Waals surface area contributed by atoms with E-state index >= 15 is 0 Å². The van der Waals surface area contributed by atoms with E-state index in [-0.39, 0.29) is 5.57 Å². The Hall–Kier alpha value is -3.38. The van der Waals surface area contributed by atoms with Gasteiger partial charge >= 0.3 is 0 Å². The monoisotopic (exact) mass is 648 g/mol. The Bertz CT molecular complexity index is 1820. The first kappa shape index (κ1) is 26.8. The molecule has 1 N–H and O–H groups in total. The number of anilines is 1. The molecule has 5 aromatic rings. The largest absolute Gasteiger partial charge is 0.503 e. The van der Waals surface area contributed by atoms with Gasteiger partial charge in [0.1, 0.15) is 0 Å². The summed E-state index contributed by atoms with van der Waals surface area (Å²) in [4.78, 5) is 33.4. The molecule has 2 aromatic heterocycles. The van der Waals surface area contributed by atoms with E-state index in [0.29, 0.717) is 31.4 Å². The smallest absolute Gasteiger partial charge is 0.296 e. The highest BCUT2D eigenvalue weighted by Gasteiger charge is 2.46. The van der Waals surface area contributed by atoms with Crippen molar-refractivity contribution in [3.8, 4) is 0 Å². The quantitative estimate of drug-likeness (QED) is 0.110. The second kappa shape index (κ2) is 10.9. The minimum atomic E-state index is -0.872. The number of fused-ring (bicyclic) bond motifs is 1. The molecule has 0 radical (unpaired) electrons. The molecule has 0 saturated carbocycles. The van der Waals surface area contributed by atoms with E-state index in [1.54, 1.807) is 6.92 Å². The van der Waals surface area contributed by atoms with Gasteiger partial charge in [0.15, 0.2) is 10.1 Å². The Balaban J connectivity index is 1.35. The van der Waals surface area contributed by atoms with Crippen molar-refractivity contribution in [1.82, 2.24) is 15.2 Å². The van der Waals surface area contributed by atoms with Crippen molar-refractivity contribution in [3.05, 3.63) is 109 Å². The standard InChI is InChI=1S/C29H21BrN4O3S3/c1-15-26(39-16(2)31-15)24(35)22-23(18-9-6-11-20(30)13-18)34(27(37)25(22)36)28-32-33-29(40-28)38-14-19-10-5-8-17-7-3-4-12-21(17)19/h3-13,23,36H,14H2,1-2H3. The molecule has 0 bridgehead atoms. The summed E-state index contributed by atoms with van der Waals surface area (Å²) in [5.41, 5.74) is 2.41. The average Bonchev–Trinajstić information content (AvgIpc) is 3.62. The van der Waals surface area contributed by atoms with Crippen LogP contribution in [0.1, 0.15) is 37.5 Å². The zero-order chi connectivity index (χ0) is 28.0. The SMILES string of the molecule is Cc1nc(C)c(C(=O)C2=C(O)C(=O)N(c3nnc(SCc4cccc5ccccc45)s3)C2c2cccc(Br)c2)s1. The molecular formula is C29H21BrN4O3S3. The zero-order valence-electron chi connectivity index (χ0n) is 21.3. The molecule has 3 heterocycles. The highest BCUT2D eigenvalue weighted by molar-refractivity contribution is 9.10. The van der Waals surface area contributed by atoms with E-state index in [4.69, 9.17) is 0 Å². The molecule has 1 unspecified atom stereocenters. The first-order valence-corrected chi connectivity index (χ1v) is 15.7. The molecular weight excluding hydrogens is 628 g/mol. The predicted octanol–water partition coefficient (Wildman–Crippen LogP) is 7.60. The van der Waals surface area contributed by atoms with E-state index in [1.807, 2.05) is 49.4 Å². The van der Waals surface area contributed by atoms with Gasteiger partial charge in [-0.05, 0) is 47.9 Å². The molecule has 6 rings (SSSR count). The number of halogens is 1. The molecule has 1 aliphatic heterocycles. The number of aliphatic hydroxyl groups is 1. The molecule has 3 aromatic carbocycles. The van der Waals surface area contributed by atoms with Gasteiger partial charge in [-0.15, -0.1) is 21.5 Å². The predicted molar refractivity (Wildman–Crippen MR) is 163 cm³/mol. The molecule has 0 fully saturated rings. The Kier molecular flexibility index (Phi) is 7.30. The normalized spacial score (nSPS) is 15.4. The van der Waals surface area contributed by atoms with Gasteiger partial charge in [0.25, 0.3) is 5.91 Å². The number of Topliss-reactive ketones (excluding diaryl/α,β-unsaturated/α-hetero) is 1.